The molecule has 1 aliphatic carbocycles. The van der Waals surface area contributed by atoms with Gasteiger partial charge in [-0.3, -0.25) is 4.79 Å². The first-order chi connectivity index (χ1) is 10.0. The molecule has 1 N–H and O–H groups in total. The molecule has 4 nitrogen and oxygen atoms in total. The number of nitrogens with one attached hydrogen (secondary N) is 1. The van der Waals surface area contributed by atoms with Crippen LogP contribution in [-0.2, 0) is 14.3 Å². The lowest BCUT2D eigenvalue weighted by Crippen LogP contribution is -2.33. The fourth-order valence-electron chi connectivity index (χ4n) is 3.74. The summed E-state index contributed by atoms with van der Waals surface area (Å²) >= 11 is 0. The number of carbonyl (C=O) groups is 1. The van der Waals surface area contributed by atoms with Gasteiger partial charge < -0.3 is 14.8 Å². The van der Waals surface area contributed by atoms with Crippen molar-refractivity contribution < 1.29 is 14.3 Å². The second-order valence-corrected chi connectivity index (χ2v) is 6.68. The fraction of sp³-hybridized carbons (Fsp3) is 0.706. The van der Waals surface area contributed by atoms with Crippen LogP contribution in [0.3, 0.4) is 0 Å². The third kappa shape index (κ3) is 2.67. The number of allylic oxidation sites excluding steroid dienone is 2. The monoisotopic (exact) mass is 289 g/mol. The summed E-state index contributed by atoms with van der Waals surface area (Å²) in [5.41, 5.74) is 1.26. The molecule has 0 unspecified atom stereocenters. The van der Waals surface area contributed by atoms with Crippen LogP contribution in [0.5, 0.6) is 0 Å². The number of fused-ring (bicyclic) bond motifs is 3. The van der Waals surface area contributed by atoms with Crippen LogP contribution in [0.15, 0.2) is 11.6 Å². The van der Waals surface area contributed by atoms with Gasteiger partial charge in [0.05, 0.1) is 11.5 Å². The van der Waals surface area contributed by atoms with Gasteiger partial charge in [-0.2, -0.15) is 0 Å². The molecule has 0 aromatic heterocycles. The van der Waals surface area contributed by atoms with Crippen LogP contribution in [-0.4, -0.2) is 30.3 Å². The Bertz CT molecular complexity index is 507. The molecule has 114 valence electrons. The van der Waals surface area contributed by atoms with E-state index < -0.39 is 0 Å². The Balaban J connectivity index is 1.82. The van der Waals surface area contributed by atoms with Crippen LogP contribution in [0.25, 0.3) is 0 Å². The van der Waals surface area contributed by atoms with E-state index in [4.69, 9.17) is 15.9 Å². The molecule has 2 fully saturated rings. The Morgan fingerprint density at radius 3 is 3.14 bits per heavy atom. The van der Waals surface area contributed by atoms with E-state index in [2.05, 4.69) is 31.3 Å². The van der Waals surface area contributed by atoms with E-state index in [1.165, 1.54) is 5.57 Å². The number of epoxide rings is 1. The minimum atomic E-state index is -0.160. The first-order valence-corrected chi connectivity index (χ1v) is 7.77. The van der Waals surface area contributed by atoms with Crippen molar-refractivity contribution >= 4 is 5.97 Å². The van der Waals surface area contributed by atoms with Crippen LogP contribution in [0, 0.1) is 24.3 Å². The van der Waals surface area contributed by atoms with Crippen molar-refractivity contribution in [2.45, 2.75) is 57.3 Å². The van der Waals surface area contributed by atoms with E-state index in [0.29, 0.717) is 6.54 Å². The Hall–Kier alpha value is -1.47. The van der Waals surface area contributed by atoms with Gasteiger partial charge in [-0.05, 0) is 39.5 Å². The highest BCUT2D eigenvalue weighted by atomic mass is 16.6. The Morgan fingerprint density at radius 2 is 2.38 bits per heavy atom. The highest BCUT2D eigenvalue weighted by Gasteiger charge is 2.62. The average molecular weight is 289 g/mol. The zero-order valence-corrected chi connectivity index (χ0v) is 12.7. The molecule has 0 spiro atoms. The van der Waals surface area contributed by atoms with Crippen LogP contribution < -0.4 is 5.32 Å². The molecule has 0 saturated carbocycles. The molecule has 2 aliphatic heterocycles. The van der Waals surface area contributed by atoms with Gasteiger partial charge in [0, 0.05) is 18.5 Å². The number of hydrogen-bond acceptors (Lipinski definition) is 4. The highest BCUT2D eigenvalue weighted by Crippen LogP contribution is 2.50. The maximum atomic E-state index is 12.2. The van der Waals surface area contributed by atoms with E-state index in [1.807, 2.05) is 0 Å². The lowest BCUT2D eigenvalue weighted by molar-refractivity contribution is -0.144. The molecule has 0 aromatic carbocycles. The summed E-state index contributed by atoms with van der Waals surface area (Å²) in [5, 5.41) is 2.84. The number of ether oxygens (including phenoxy) is 2. The molecule has 3 aliphatic rings. The number of carbonyl (C=O) groups excluding carboxylic acids is 1. The van der Waals surface area contributed by atoms with Crippen molar-refractivity contribution in [3.63, 3.8) is 0 Å². The summed E-state index contributed by atoms with van der Waals surface area (Å²) in [6.07, 6.45) is 11.5. The molecule has 5 atom stereocenters. The summed E-state index contributed by atoms with van der Waals surface area (Å²) in [7, 11) is 0. The standard InChI is InChI=1S/C17H23NO3/c1-4-18-10-13-12-8-7-11(2)6-5-9-17(3)15(21-17)14(12)20-16(13)19/h1,6,12-15,18H,5,7-10H2,2-3H3/t12-,13-,14-,15-,17+/m0/s1. The summed E-state index contributed by atoms with van der Waals surface area (Å²) in [6.45, 7) is 4.78. The SMILES string of the molecule is C#CNC[C@@H]1C(=O)O[C@H]2[C@H]1CCC(C)=CCC[C@@]1(C)O[C@@H]21. The number of hydrogen-bond donors (Lipinski definition) is 1. The molecule has 4 heteroatoms. The van der Waals surface area contributed by atoms with Crippen molar-refractivity contribution in [3.8, 4) is 12.5 Å². The summed E-state index contributed by atoms with van der Waals surface area (Å²) in [6, 6.07) is 2.40. The number of esters is 1. The summed E-state index contributed by atoms with van der Waals surface area (Å²) in [5.74, 6) is -0.107. The maximum Gasteiger partial charge on any atom is 0.311 e. The van der Waals surface area contributed by atoms with Crippen molar-refractivity contribution in [1.29, 1.82) is 0 Å². The predicted octanol–water partition coefficient (Wildman–Crippen LogP) is 2.00. The molecule has 3 rings (SSSR count). The summed E-state index contributed by atoms with van der Waals surface area (Å²) in [4.78, 5) is 12.2. The van der Waals surface area contributed by atoms with E-state index in [0.717, 1.165) is 25.7 Å². The first-order valence-electron chi connectivity index (χ1n) is 7.77. The smallest absolute Gasteiger partial charge is 0.311 e. The van der Waals surface area contributed by atoms with Crippen LogP contribution in [0.1, 0.15) is 39.5 Å². The zero-order valence-electron chi connectivity index (χ0n) is 12.7. The number of terminal acetylenes is 1. The Labute approximate surface area is 126 Å². The molecule has 2 heterocycles. The van der Waals surface area contributed by atoms with E-state index in [-0.39, 0.29) is 35.6 Å². The van der Waals surface area contributed by atoms with E-state index in [9.17, 15) is 4.79 Å². The molecule has 0 aromatic rings. The second-order valence-electron chi connectivity index (χ2n) is 6.68. The minimum Gasteiger partial charge on any atom is -0.459 e. The van der Waals surface area contributed by atoms with Gasteiger partial charge >= 0.3 is 5.97 Å². The first kappa shape index (κ1) is 14.5. The zero-order chi connectivity index (χ0) is 15.0. The predicted molar refractivity (Wildman–Crippen MR) is 79.2 cm³/mol. The Kier molecular flexibility index (Phi) is 3.71. The van der Waals surface area contributed by atoms with Gasteiger partial charge in [-0.1, -0.05) is 18.1 Å². The minimum absolute atomic E-state index is 0.0501. The third-order valence-corrected chi connectivity index (χ3v) is 5.16. The van der Waals surface area contributed by atoms with Crippen molar-refractivity contribution in [2.24, 2.45) is 11.8 Å². The van der Waals surface area contributed by atoms with Gasteiger partial charge in [0.2, 0.25) is 0 Å². The maximum absolute atomic E-state index is 12.2. The van der Waals surface area contributed by atoms with Crippen molar-refractivity contribution in [3.05, 3.63) is 11.6 Å². The summed E-state index contributed by atoms with van der Waals surface area (Å²) < 4.78 is 11.6. The molecule has 2 saturated heterocycles. The molecule has 0 radical (unpaired) electrons. The van der Waals surface area contributed by atoms with Gasteiger partial charge in [0.15, 0.2) is 0 Å². The molecule has 0 bridgehead atoms. The van der Waals surface area contributed by atoms with Gasteiger partial charge in [-0.25, -0.2) is 0 Å². The van der Waals surface area contributed by atoms with E-state index in [1.54, 1.807) is 0 Å². The quantitative estimate of drug-likeness (QED) is 0.278. The highest BCUT2D eigenvalue weighted by molar-refractivity contribution is 5.76. The topological polar surface area (TPSA) is 50.9 Å². The van der Waals surface area contributed by atoms with Gasteiger partial charge in [0.25, 0.3) is 0 Å². The molecule has 0 amide bonds. The fourth-order valence-corrected chi connectivity index (χ4v) is 3.74. The van der Waals surface area contributed by atoms with Crippen molar-refractivity contribution in [1.82, 2.24) is 5.32 Å². The third-order valence-electron chi connectivity index (χ3n) is 5.16. The van der Waals surface area contributed by atoms with Crippen LogP contribution in [0.4, 0.5) is 0 Å². The van der Waals surface area contributed by atoms with Gasteiger partial charge in [0.1, 0.15) is 12.2 Å². The van der Waals surface area contributed by atoms with Crippen molar-refractivity contribution in [2.75, 3.05) is 6.54 Å². The van der Waals surface area contributed by atoms with Crippen LogP contribution >= 0.6 is 0 Å². The average Bonchev–Trinajstić information content (AvgIpc) is 3.00. The lowest BCUT2D eigenvalue weighted by atomic mass is 9.80. The molecule has 21 heavy (non-hydrogen) atoms. The number of rotatable bonds is 2. The molecular formula is C17H23NO3. The van der Waals surface area contributed by atoms with Gasteiger partial charge in [-0.15, -0.1) is 0 Å². The Morgan fingerprint density at radius 1 is 1.57 bits per heavy atom. The van der Waals surface area contributed by atoms with Crippen LogP contribution in [0.2, 0.25) is 0 Å². The van der Waals surface area contributed by atoms with E-state index >= 15 is 0 Å². The second kappa shape index (κ2) is 5.38. The lowest BCUT2D eigenvalue weighted by Gasteiger charge is -2.21. The normalized spacial score (nSPS) is 42.0. The largest absolute Gasteiger partial charge is 0.459 e. The molecular weight excluding hydrogens is 266 g/mol.